The Morgan fingerprint density at radius 1 is 1.19 bits per heavy atom. The van der Waals surface area contributed by atoms with E-state index >= 15 is 0 Å². The predicted molar refractivity (Wildman–Crippen MR) is 123 cm³/mol. The van der Waals surface area contributed by atoms with Crippen LogP contribution in [0.4, 0.5) is 11.7 Å². The highest BCUT2D eigenvalue weighted by Gasteiger charge is 2.30. The minimum atomic E-state index is -0.225. The molecule has 0 atom stereocenters. The molecule has 0 radical (unpaired) electrons. The molecule has 8 nitrogen and oxygen atoms in total. The number of anilines is 2. The molecule has 2 amide bonds. The molecule has 3 aromatic rings. The van der Waals surface area contributed by atoms with Gasteiger partial charge in [0, 0.05) is 37.3 Å². The van der Waals surface area contributed by atoms with Crippen molar-refractivity contribution < 1.29 is 18.7 Å². The van der Waals surface area contributed by atoms with Gasteiger partial charge in [0.2, 0.25) is 11.8 Å². The van der Waals surface area contributed by atoms with E-state index in [4.69, 9.17) is 9.15 Å². The number of nitrogens with one attached hydrogen (secondary N) is 1. The number of hydrogen-bond donors (Lipinski definition) is 1. The maximum absolute atomic E-state index is 13.1. The van der Waals surface area contributed by atoms with Crippen LogP contribution in [0, 0.1) is 5.92 Å². The number of rotatable bonds is 7. The molecule has 168 valence electrons. The molecule has 0 bridgehead atoms. The fourth-order valence-corrected chi connectivity index (χ4v) is 3.99. The third-order valence-corrected chi connectivity index (χ3v) is 5.78. The van der Waals surface area contributed by atoms with Gasteiger partial charge in [0.1, 0.15) is 11.3 Å². The van der Waals surface area contributed by atoms with Gasteiger partial charge in [-0.15, -0.1) is 0 Å². The molecule has 1 aromatic heterocycles. The van der Waals surface area contributed by atoms with E-state index in [0.29, 0.717) is 49.9 Å². The Labute approximate surface area is 187 Å². The number of likely N-dealkylation sites (N-methyl/N-ethyl adjacent to an activating group) is 1. The van der Waals surface area contributed by atoms with Crippen LogP contribution in [0.3, 0.4) is 0 Å². The lowest BCUT2D eigenvalue weighted by atomic mass is 9.95. The Balaban J connectivity index is 1.32. The molecule has 1 fully saturated rings. The van der Waals surface area contributed by atoms with Crippen molar-refractivity contribution in [3.8, 4) is 5.75 Å². The minimum absolute atomic E-state index is 0.0190. The van der Waals surface area contributed by atoms with Crippen molar-refractivity contribution in [2.45, 2.75) is 19.8 Å². The van der Waals surface area contributed by atoms with Gasteiger partial charge in [0.25, 0.3) is 6.01 Å². The van der Waals surface area contributed by atoms with Gasteiger partial charge in [-0.25, -0.2) is 0 Å². The van der Waals surface area contributed by atoms with Crippen LogP contribution in [0.5, 0.6) is 5.75 Å². The average molecular weight is 437 g/mol. The lowest BCUT2D eigenvalue weighted by Crippen LogP contribution is -2.45. The number of para-hydroxylation sites is 2. The summed E-state index contributed by atoms with van der Waals surface area (Å²) in [6.07, 6.45) is 1.40. The number of carbonyl (C=O) groups is 2. The highest BCUT2D eigenvalue weighted by molar-refractivity contribution is 5.95. The standard InChI is InChI=1S/C24H28N4O4/c1-3-27(16-22(29)25-18-7-6-8-19(15-18)31-2)23(30)17-11-13-28(14-12-17)24-26-20-9-4-5-10-21(20)32-24/h4-10,15,17H,3,11-14,16H2,1-2H3,(H,25,29). The number of nitrogens with zero attached hydrogens (tertiary/aromatic N) is 3. The van der Waals surface area contributed by atoms with Crippen LogP contribution < -0.4 is 15.0 Å². The van der Waals surface area contributed by atoms with Crippen LogP contribution >= 0.6 is 0 Å². The SMILES string of the molecule is CCN(CC(=O)Nc1cccc(OC)c1)C(=O)C1CCN(c2nc3ccccc3o2)CC1. The summed E-state index contributed by atoms with van der Waals surface area (Å²) in [7, 11) is 1.58. The van der Waals surface area contributed by atoms with E-state index in [1.165, 1.54) is 0 Å². The molecule has 0 aliphatic carbocycles. The monoisotopic (exact) mass is 436 g/mol. The first-order valence-corrected chi connectivity index (χ1v) is 10.9. The van der Waals surface area contributed by atoms with Crippen LogP contribution in [0.2, 0.25) is 0 Å². The van der Waals surface area contributed by atoms with Gasteiger partial charge in [0.05, 0.1) is 13.7 Å². The number of fused-ring (bicyclic) bond motifs is 1. The van der Waals surface area contributed by atoms with Gasteiger partial charge in [-0.2, -0.15) is 4.98 Å². The Morgan fingerprint density at radius 2 is 1.97 bits per heavy atom. The predicted octanol–water partition coefficient (Wildman–Crippen LogP) is 3.54. The Kier molecular flexibility index (Phi) is 6.58. The number of amides is 2. The van der Waals surface area contributed by atoms with Crippen molar-refractivity contribution in [1.29, 1.82) is 0 Å². The summed E-state index contributed by atoms with van der Waals surface area (Å²) in [6.45, 7) is 3.78. The first-order valence-electron chi connectivity index (χ1n) is 10.9. The lowest BCUT2D eigenvalue weighted by Gasteiger charge is -2.33. The Morgan fingerprint density at radius 3 is 2.69 bits per heavy atom. The Hall–Kier alpha value is -3.55. The van der Waals surface area contributed by atoms with Gasteiger partial charge in [-0.3, -0.25) is 9.59 Å². The second-order valence-electron chi connectivity index (χ2n) is 7.86. The maximum atomic E-state index is 13.1. The van der Waals surface area contributed by atoms with E-state index in [0.717, 1.165) is 11.1 Å². The van der Waals surface area contributed by atoms with E-state index in [1.807, 2.05) is 43.3 Å². The highest BCUT2D eigenvalue weighted by Crippen LogP contribution is 2.27. The lowest BCUT2D eigenvalue weighted by molar-refractivity contribution is -0.138. The summed E-state index contributed by atoms with van der Waals surface area (Å²) in [4.78, 5) is 33.8. The third-order valence-electron chi connectivity index (χ3n) is 5.78. The topological polar surface area (TPSA) is 87.9 Å². The maximum Gasteiger partial charge on any atom is 0.298 e. The number of oxazole rings is 1. The van der Waals surface area contributed by atoms with Gasteiger partial charge < -0.3 is 24.3 Å². The summed E-state index contributed by atoms with van der Waals surface area (Å²) >= 11 is 0. The second-order valence-corrected chi connectivity index (χ2v) is 7.86. The van der Waals surface area contributed by atoms with Crippen LogP contribution in [-0.4, -0.2) is 55.0 Å². The quantitative estimate of drug-likeness (QED) is 0.610. The van der Waals surface area contributed by atoms with Crippen LogP contribution in [0.15, 0.2) is 52.9 Å². The summed E-state index contributed by atoms with van der Waals surface area (Å²) in [6, 6.07) is 15.4. The molecule has 0 saturated carbocycles. The largest absolute Gasteiger partial charge is 0.497 e. The molecule has 2 aromatic carbocycles. The first-order chi connectivity index (χ1) is 15.6. The van der Waals surface area contributed by atoms with Crippen molar-refractivity contribution in [2.75, 3.05) is 43.5 Å². The van der Waals surface area contributed by atoms with Crippen molar-refractivity contribution in [1.82, 2.24) is 9.88 Å². The molecule has 1 saturated heterocycles. The number of aromatic nitrogens is 1. The highest BCUT2D eigenvalue weighted by atomic mass is 16.5. The van der Waals surface area contributed by atoms with Gasteiger partial charge in [-0.1, -0.05) is 18.2 Å². The first kappa shape index (κ1) is 21.7. The molecule has 1 aliphatic rings. The number of piperidine rings is 1. The number of ether oxygens (including phenoxy) is 1. The zero-order valence-electron chi connectivity index (χ0n) is 18.4. The fraction of sp³-hybridized carbons (Fsp3) is 0.375. The number of benzene rings is 2. The Bertz CT molecular complexity index is 1060. The molecule has 2 heterocycles. The van der Waals surface area contributed by atoms with Crippen LogP contribution in [-0.2, 0) is 9.59 Å². The van der Waals surface area contributed by atoms with Crippen molar-refractivity contribution in [3.05, 3.63) is 48.5 Å². The van der Waals surface area contributed by atoms with Gasteiger partial charge in [0.15, 0.2) is 5.58 Å². The van der Waals surface area contributed by atoms with E-state index < -0.39 is 0 Å². The van der Waals surface area contributed by atoms with E-state index in [1.54, 1.807) is 24.1 Å². The molecule has 0 unspecified atom stereocenters. The summed E-state index contributed by atoms with van der Waals surface area (Å²) in [5.74, 6) is 0.347. The molecule has 1 N–H and O–H groups in total. The van der Waals surface area contributed by atoms with Gasteiger partial charge in [-0.05, 0) is 44.0 Å². The normalized spacial score (nSPS) is 14.4. The van der Waals surface area contributed by atoms with Crippen molar-refractivity contribution >= 4 is 34.6 Å². The zero-order valence-corrected chi connectivity index (χ0v) is 18.4. The molecule has 1 aliphatic heterocycles. The summed E-state index contributed by atoms with van der Waals surface area (Å²) < 4.78 is 11.0. The molecule has 8 heteroatoms. The average Bonchev–Trinajstić information content (AvgIpc) is 3.26. The molecular weight excluding hydrogens is 408 g/mol. The number of methoxy groups -OCH3 is 1. The summed E-state index contributed by atoms with van der Waals surface area (Å²) in [5, 5.41) is 2.84. The van der Waals surface area contributed by atoms with E-state index in [-0.39, 0.29) is 24.3 Å². The second kappa shape index (κ2) is 9.72. The third kappa shape index (κ3) is 4.85. The molecule has 32 heavy (non-hydrogen) atoms. The summed E-state index contributed by atoms with van der Waals surface area (Å²) in [5.41, 5.74) is 2.24. The zero-order chi connectivity index (χ0) is 22.5. The smallest absolute Gasteiger partial charge is 0.298 e. The number of carbonyl (C=O) groups excluding carboxylic acids is 2. The molecule has 0 spiro atoms. The van der Waals surface area contributed by atoms with Crippen LogP contribution in [0.25, 0.3) is 11.1 Å². The number of hydrogen-bond acceptors (Lipinski definition) is 6. The van der Waals surface area contributed by atoms with E-state index in [9.17, 15) is 9.59 Å². The van der Waals surface area contributed by atoms with E-state index in [2.05, 4.69) is 15.2 Å². The van der Waals surface area contributed by atoms with Gasteiger partial charge >= 0.3 is 0 Å². The fourth-order valence-electron chi connectivity index (χ4n) is 3.99. The molecular formula is C24H28N4O4. The minimum Gasteiger partial charge on any atom is -0.497 e. The molecule has 4 rings (SSSR count). The van der Waals surface area contributed by atoms with Crippen LogP contribution in [0.1, 0.15) is 19.8 Å². The van der Waals surface area contributed by atoms with Crippen molar-refractivity contribution in [3.63, 3.8) is 0 Å². The van der Waals surface area contributed by atoms with Crippen molar-refractivity contribution in [2.24, 2.45) is 5.92 Å².